The molecule has 0 saturated carbocycles. The van der Waals surface area contributed by atoms with Crippen LogP contribution in [0.25, 0.3) is 22.0 Å². The fraction of sp³-hybridized carbons (Fsp3) is 0.368. The lowest BCUT2D eigenvalue weighted by atomic mass is 9.90. The van der Waals surface area contributed by atoms with Gasteiger partial charge in [-0.2, -0.15) is 5.10 Å². The quantitative estimate of drug-likeness (QED) is 0.690. The highest BCUT2D eigenvalue weighted by molar-refractivity contribution is 6.42. The van der Waals surface area contributed by atoms with Crippen LogP contribution in [-0.4, -0.2) is 58.5 Å². The molecule has 7 nitrogen and oxygen atoms in total. The van der Waals surface area contributed by atoms with Crippen LogP contribution in [0.3, 0.4) is 0 Å². The topological polar surface area (TPSA) is 75.9 Å². The summed E-state index contributed by atoms with van der Waals surface area (Å²) >= 11 is 0. The molecule has 0 aromatic carbocycles. The summed E-state index contributed by atoms with van der Waals surface area (Å²) < 4.78 is 1.77. The van der Waals surface area contributed by atoms with Crippen molar-refractivity contribution in [2.75, 3.05) is 25.5 Å². The summed E-state index contributed by atoms with van der Waals surface area (Å²) in [5.41, 5.74) is 3.77. The number of aryl methyl sites for hydroxylation is 1. The molecule has 0 unspecified atom stereocenters. The number of hydrogen-bond acceptors (Lipinski definition) is 5. The summed E-state index contributed by atoms with van der Waals surface area (Å²) in [4.78, 5) is 23.9. The molecule has 1 aliphatic heterocycles. The first-order valence-electron chi connectivity index (χ1n) is 9.25. The summed E-state index contributed by atoms with van der Waals surface area (Å²) in [6, 6.07) is 2.08. The second-order valence-electron chi connectivity index (χ2n) is 7.36. The van der Waals surface area contributed by atoms with Crippen LogP contribution in [0.5, 0.6) is 0 Å². The van der Waals surface area contributed by atoms with E-state index in [1.165, 1.54) is 0 Å². The molecule has 0 atom stereocenters. The molecule has 1 fully saturated rings. The van der Waals surface area contributed by atoms with Crippen LogP contribution in [0.1, 0.15) is 12.8 Å². The van der Waals surface area contributed by atoms with Crippen LogP contribution in [0.15, 0.2) is 30.9 Å². The normalized spacial score (nSPS) is 15.9. The van der Waals surface area contributed by atoms with E-state index in [0.29, 0.717) is 5.82 Å². The van der Waals surface area contributed by atoms with Crippen molar-refractivity contribution in [1.29, 1.82) is 0 Å². The molecule has 3 aromatic heterocycles. The molecule has 1 amide bonds. The maximum absolute atomic E-state index is 12.7. The van der Waals surface area contributed by atoms with Crippen molar-refractivity contribution in [3.05, 3.63) is 30.9 Å². The van der Waals surface area contributed by atoms with Crippen molar-refractivity contribution < 1.29 is 4.79 Å². The Morgan fingerprint density at radius 3 is 2.63 bits per heavy atom. The minimum absolute atomic E-state index is 0.0537. The van der Waals surface area contributed by atoms with Crippen molar-refractivity contribution in [2.24, 2.45) is 13.0 Å². The molecular formula is C19H23BN6O. The molecule has 0 radical (unpaired) electrons. The predicted molar refractivity (Wildman–Crippen MR) is 109 cm³/mol. The Balaban J connectivity index is 1.61. The van der Waals surface area contributed by atoms with Gasteiger partial charge in [-0.1, -0.05) is 0 Å². The Labute approximate surface area is 159 Å². The van der Waals surface area contributed by atoms with Gasteiger partial charge in [0.1, 0.15) is 13.7 Å². The third kappa shape index (κ3) is 3.57. The number of pyridine rings is 2. The number of carbonyl (C=O) groups excluding carboxylic acids is 1. The number of aromatic nitrogens is 4. The highest BCUT2D eigenvalue weighted by Crippen LogP contribution is 2.23. The molecule has 0 spiro atoms. The number of carbonyl (C=O) groups is 1. The number of fused-ring (bicyclic) bond motifs is 1. The van der Waals surface area contributed by atoms with E-state index in [-0.39, 0.29) is 11.8 Å². The Kier molecular flexibility index (Phi) is 4.65. The summed E-state index contributed by atoms with van der Waals surface area (Å²) in [5, 5.41) is 8.25. The predicted octanol–water partition coefficient (Wildman–Crippen LogP) is 0.569. The fourth-order valence-corrected chi connectivity index (χ4v) is 3.57. The van der Waals surface area contributed by atoms with Gasteiger partial charge in [0.05, 0.1) is 17.9 Å². The number of amides is 1. The van der Waals surface area contributed by atoms with Crippen LogP contribution < -0.4 is 10.8 Å². The van der Waals surface area contributed by atoms with Crippen molar-refractivity contribution in [1.82, 2.24) is 24.6 Å². The average Bonchev–Trinajstić information content (AvgIpc) is 3.11. The van der Waals surface area contributed by atoms with Gasteiger partial charge in [0.25, 0.3) is 0 Å². The Hall–Kier alpha value is -2.74. The van der Waals surface area contributed by atoms with Crippen LogP contribution in [0, 0.1) is 5.92 Å². The third-order valence-electron chi connectivity index (χ3n) is 5.36. The molecule has 27 heavy (non-hydrogen) atoms. The van der Waals surface area contributed by atoms with Crippen molar-refractivity contribution in [3.63, 3.8) is 0 Å². The zero-order valence-electron chi connectivity index (χ0n) is 15.9. The summed E-state index contributed by atoms with van der Waals surface area (Å²) in [6.07, 6.45) is 9.12. The van der Waals surface area contributed by atoms with E-state index in [0.717, 1.165) is 53.4 Å². The minimum Gasteiger partial charge on any atom is -0.311 e. The lowest BCUT2D eigenvalue weighted by molar-refractivity contribution is -0.121. The third-order valence-corrected chi connectivity index (χ3v) is 5.36. The zero-order valence-corrected chi connectivity index (χ0v) is 15.9. The second kappa shape index (κ2) is 7.11. The van der Waals surface area contributed by atoms with Gasteiger partial charge in [-0.15, -0.1) is 0 Å². The van der Waals surface area contributed by atoms with Crippen molar-refractivity contribution >= 4 is 35.9 Å². The SMILES string of the molecule is Bc1c(NC(=O)C2CCN(C)CC2)ncc2ncc(-c3cnn(C)c3)cc12. The summed E-state index contributed by atoms with van der Waals surface area (Å²) in [7, 11) is 5.97. The maximum Gasteiger partial charge on any atom is 0.228 e. The highest BCUT2D eigenvalue weighted by atomic mass is 16.1. The van der Waals surface area contributed by atoms with Gasteiger partial charge in [-0.25, -0.2) is 4.98 Å². The van der Waals surface area contributed by atoms with Gasteiger partial charge in [-0.05, 0) is 49.9 Å². The van der Waals surface area contributed by atoms with Crippen molar-refractivity contribution in [3.8, 4) is 11.1 Å². The lowest BCUT2D eigenvalue weighted by Crippen LogP contribution is -2.36. The molecule has 0 aliphatic carbocycles. The fourth-order valence-electron chi connectivity index (χ4n) is 3.57. The summed E-state index contributed by atoms with van der Waals surface area (Å²) in [5.74, 6) is 0.740. The first-order valence-corrected chi connectivity index (χ1v) is 9.25. The largest absolute Gasteiger partial charge is 0.311 e. The molecule has 138 valence electrons. The molecule has 8 heteroatoms. The van der Waals surface area contributed by atoms with E-state index in [9.17, 15) is 4.79 Å². The number of anilines is 1. The standard InChI is InChI=1S/C19H23BN6O/c1-25-5-3-12(4-6-25)19(27)24-18-17(20)15-7-13(8-21-16(15)10-22-18)14-9-23-26(2)11-14/h7-12H,3-6,20H2,1-2H3,(H,22,24,27). The smallest absolute Gasteiger partial charge is 0.228 e. The van der Waals surface area contributed by atoms with E-state index >= 15 is 0 Å². The van der Waals surface area contributed by atoms with Crippen molar-refractivity contribution in [2.45, 2.75) is 12.8 Å². The first kappa shape index (κ1) is 17.7. The first-order chi connectivity index (χ1) is 13.0. The van der Waals surface area contributed by atoms with Crippen LogP contribution in [-0.2, 0) is 11.8 Å². The molecule has 4 rings (SSSR count). The average molecular weight is 362 g/mol. The molecule has 1 N–H and O–H groups in total. The van der Waals surface area contributed by atoms with E-state index in [4.69, 9.17) is 0 Å². The van der Waals surface area contributed by atoms with E-state index in [2.05, 4.69) is 38.4 Å². The van der Waals surface area contributed by atoms with Gasteiger partial charge >= 0.3 is 0 Å². The number of hydrogen-bond donors (Lipinski definition) is 1. The second-order valence-corrected chi connectivity index (χ2v) is 7.36. The maximum atomic E-state index is 12.7. The van der Waals surface area contributed by atoms with Gasteiger partial charge in [0.15, 0.2) is 0 Å². The Morgan fingerprint density at radius 1 is 1.15 bits per heavy atom. The number of rotatable bonds is 3. The zero-order chi connectivity index (χ0) is 19.0. The van der Waals surface area contributed by atoms with Crippen LogP contribution >= 0.6 is 0 Å². The van der Waals surface area contributed by atoms with Gasteiger partial charge in [0, 0.05) is 36.5 Å². The number of nitrogens with one attached hydrogen (secondary N) is 1. The lowest BCUT2D eigenvalue weighted by Gasteiger charge is -2.28. The van der Waals surface area contributed by atoms with E-state index in [1.807, 2.05) is 33.5 Å². The molecule has 3 aromatic rings. The molecular weight excluding hydrogens is 339 g/mol. The monoisotopic (exact) mass is 362 g/mol. The molecule has 4 heterocycles. The number of nitrogens with zero attached hydrogens (tertiary/aromatic N) is 5. The van der Waals surface area contributed by atoms with Crippen LogP contribution in [0.2, 0.25) is 0 Å². The molecule has 0 bridgehead atoms. The minimum atomic E-state index is 0.0537. The van der Waals surface area contributed by atoms with Crippen LogP contribution in [0.4, 0.5) is 5.82 Å². The van der Waals surface area contributed by atoms with E-state index in [1.54, 1.807) is 10.9 Å². The molecule has 1 aliphatic rings. The van der Waals surface area contributed by atoms with Gasteiger partial charge < -0.3 is 10.2 Å². The Bertz CT molecular complexity index is 993. The number of piperidine rings is 1. The summed E-state index contributed by atoms with van der Waals surface area (Å²) in [6.45, 7) is 1.92. The van der Waals surface area contributed by atoms with E-state index < -0.39 is 0 Å². The molecule has 1 saturated heterocycles. The number of likely N-dealkylation sites (tertiary alicyclic amines) is 1. The van der Waals surface area contributed by atoms with Gasteiger partial charge in [-0.3, -0.25) is 14.5 Å². The Morgan fingerprint density at radius 2 is 1.93 bits per heavy atom. The van der Waals surface area contributed by atoms with Gasteiger partial charge in [0.2, 0.25) is 5.91 Å². The highest BCUT2D eigenvalue weighted by Gasteiger charge is 2.24.